The second kappa shape index (κ2) is 36.3. The van der Waals surface area contributed by atoms with Crippen LogP contribution in [-0.4, -0.2) is 26.2 Å². The zero-order chi connectivity index (χ0) is 2.71. The molecule has 0 saturated heterocycles. The van der Waals surface area contributed by atoms with Crippen molar-refractivity contribution in [3.8, 4) is 0 Å². The van der Waals surface area contributed by atoms with Crippen LogP contribution in [-0.2, 0) is 34.1 Å². The summed E-state index contributed by atoms with van der Waals surface area (Å²) in [6, 6.07) is 0. The minimum atomic E-state index is 0. The van der Waals surface area contributed by atoms with E-state index in [1.807, 2.05) is 0 Å². The summed E-state index contributed by atoms with van der Waals surface area (Å²) >= 11 is 3.55. The quantitative estimate of drug-likeness (QED) is 0.324. The predicted molar refractivity (Wildman–Crippen MR) is 36.3 cm³/mol. The zero-order valence-corrected chi connectivity index (χ0v) is 12.3. The van der Waals surface area contributed by atoms with Gasteiger partial charge >= 0.3 is 47.9 Å². The fourth-order valence-electron chi connectivity index (χ4n) is 0. The van der Waals surface area contributed by atoms with Crippen LogP contribution >= 0.6 is 46.0 Å². The molecule has 0 fully saturated rings. The average Bonchev–Trinajstić information content (AvgIpc) is 0.918. The smallest absolute Gasteiger partial charge is 2.00 e. The third-order valence-electron chi connectivity index (χ3n) is 0. The van der Waals surface area contributed by atoms with E-state index in [-0.39, 0.29) is 58.9 Å². The number of halogens is 2. The Kier molecular flexibility index (Phi) is 169. The molecule has 0 aromatic carbocycles. The topological polar surface area (TPSA) is 66.2 Å². The molecule has 0 N–H and O–H groups in total. The number of hydrogen-bond donors (Lipinski definition) is 0. The first kappa shape index (κ1) is 32.6. The second-order valence-electron chi connectivity index (χ2n) is 0.0583. The Morgan fingerprint density at radius 3 is 1.00 bits per heavy atom. The molecular formula is BiI2O3Ti+3. The SMILES string of the molecule is IOI.[Bi+3].[O-2].[O-2].[Ti+4]. The van der Waals surface area contributed by atoms with E-state index in [1.165, 1.54) is 0 Å². The van der Waals surface area contributed by atoms with E-state index < -0.39 is 0 Å². The van der Waals surface area contributed by atoms with Gasteiger partial charge in [-0.15, -0.1) is 0 Å². The predicted octanol–water partition coefficient (Wildman–Crippen LogP) is 1.08. The van der Waals surface area contributed by atoms with E-state index >= 15 is 0 Å². The minimum absolute atomic E-state index is 0. The van der Waals surface area contributed by atoms with Gasteiger partial charge in [-0.3, -0.25) is 0 Å². The van der Waals surface area contributed by atoms with Gasteiger partial charge in [0, 0.05) is 0 Å². The van der Waals surface area contributed by atoms with Crippen LogP contribution in [0.1, 0.15) is 0 Å². The van der Waals surface area contributed by atoms with Crippen molar-refractivity contribution in [2.24, 2.45) is 0 Å². The van der Waals surface area contributed by atoms with Crippen LogP contribution in [0.25, 0.3) is 0 Å². The van der Waals surface area contributed by atoms with E-state index in [0.717, 1.165) is 0 Å². The van der Waals surface area contributed by atoms with Gasteiger partial charge in [-0.05, 0) is 0 Å². The molecule has 3 nitrogen and oxygen atoms in total. The zero-order valence-electron chi connectivity index (χ0n) is 2.93. The average molecular weight is 559 g/mol. The van der Waals surface area contributed by atoms with Crippen molar-refractivity contribution >= 4 is 72.2 Å². The molecule has 2 radical (unpaired) electrons. The monoisotopic (exact) mass is 559 g/mol. The molecule has 7 heteroatoms. The molecule has 38 valence electrons. The fourth-order valence-corrected chi connectivity index (χ4v) is 0. The molecular weight excluding hydrogens is 559 g/mol. The van der Waals surface area contributed by atoms with Crippen molar-refractivity contribution in [2.75, 3.05) is 0 Å². The molecule has 0 aliphatic carbocycles. The van der Waals surface area contributed by atoms with Crippen LogP contribution in [0.2, 0.25) is 0 Å². The molecule has 0 spiro atoms. The normalized spacial score (nSPS) is 2.57. The number of hydrogen-bond acceptors (Lipinski definition) is 1. The molecule has 0 rings (SSSR count). The minimum Gasteiger partial charge on any atom is -2.00 e. The van der Waals surface area contributed by atoms with Crippen molar-refractivity contribution < 1.29 is 34.1 Å². The van der Waals surface area contributed by atoms with Crippen LogP contribution < -0.4 is 0 Å². The Balaban J connectivity index is -0.00000000333. The van der Waals surface area contributed by atoms with Gasteiger partial charge in [-0.25, -0.2) is 1.40 Å². The van der Waals surface area contributed by atoms with Gasteiger partial charge in [-0.1, -0.05) is 0 Å². The molecule has 0 heterocycles. The summed E-state index contributed by atoms with van der Waals surface area (Å²) in [6.45, 7) is 0. The summed E-state index contributed by atoms with van der Waals surface area (Å²) in [5.41, 5.74) is 0. The summed E-state index contributed by atoms with van der Waals surface area (Å²) in [6.07, 6.45) is 0. The Bertz CT molecular complexity index is 12.9. The van der Waals surface area contributed by atoms with Crippen LogP contribution in [0.5, 0.6) is 0 Å². The largest absolute Gasteiger partial charge is 4.00 e. The van der Waals surface area contributed by atoms with E-state index in [1.54, 1.807) is 46.0 Å². The van der Waals surface area contributed by atoms with Gasteiger partial charge in [0.05, 0.1) is 0 Å². The first-order valence-electron chi connectivity index (χ1n) is 0.309. The molecule has 0 aromatic heterocycles. The molecule has 0 unspecified atom stereocenters. The Morgan fingerprint density at radius 2 is 1.00 bits per heavy atom. The summed E-state index contributed by atoms with van der Waals surface area (Å²) in [5, 5.41) is 0. The van der Waals surface area contributed by atoms with Crippen molar-refractivity contribution in [3.05, 3.63) is 0 Å². The fraction of sp³-hybridized carbons (Fsp3) is 0. The Hall–Kier alpha value is 2.94. The van der Waals surface area contributed by atoms with Gasteiger partial charge in [0.25, 0.3) is 0 Å². The standard InChI is InChI=1S/Bi.I2O.2O.Ti/c;1-3-2;;;/q+3;;2*-2;+4. The first-order valence-corrected chi connectivity index (χ1v) is 2.07. The van der Waals surface area contributed by atoms with Gasteiger partial charge in [0.15, 0.2) is 0 Å². The maximum absolute atomic E-state index is 4.19. The second-order valence-corrected chi connectivity index (χ2v) is 2.62. The molecule has 0 saturated carbocycles. The van der Waals surface area contributed by atoms with Crippen molar-refractivity contribution in [1.29, 1.82) is 0 Å². The Labute approximate surface area is 104 Å². The third kappa shape index (κ3) is 49.9. The Morgan fingerprint density at radius 1 is 1.00 bits per heavy atom. The van der Waals surface area contributed by atoms with E-state index in [4.69, 9.17) is 0 Å². The van der Waals surface area contributed by atoms with Crippen LogP contribution in [0.15, 0.2) is 0 Å². The van der Waals surface area contributed by atoms with Gasteiger partial charge in [0.1, 0.15) is 46.0 Å². The van der Waals surface area contributed by atoms with E-state index in [2.05, 4.69) is 1.40 Å². The molecule has 0 aromatic rings. The van der Waals surface area contributed by atoms with Crippen LogP contribution in [0, 0.1) is 0 Å². The first-order chi connectivity index (χ1) is 1.41. The number of rotatable bonds is 0. The van der Waals surface area contributed by atoms with Crippen LogP contribution in [0.4, 0.5) is 0 Å². The molecule has 0 atom stereocenters. The molecule has 0 amide bonds. The maximum atomic E-state index is 4.19. The van der Waals surface area contributed by atoms with Gasteiger partial charge in [0.2, 0.25) is 0 Å². The summed E-state index contributed by atoms with van der Waals surface area (Å²) < 4.78 is 4.19. The molecule has 0 bridgehead atoms. The van der Waals surface area contributed by atoms with E-state index in [9.17, 15) is 0 Å². The summed E-state index contributed by atoms with van der Waals surface area (Å²) in [7, 11) is 0. The maximum Gasteiger partial charge on any atom is 4.00 e. The van der Waals surface area contributed by atoms with E-state index in [0.29, 0.717) is 0 Å². The molecule has 0 aliphatic rings. The summed E-state index contributed by atoms with van der Waals surface area (Å²) in [4.78, 5) is 0. The molecule has 7 heavy (non-hydrogen) atoms. The van der Waals surface area contributed by atoms with Crippen molar-refractivity contribution in [3.63, 3.8) is 0 Å². The molecule has 0 aliphatic heterocycles. The van der Waals surface area contributed by atoms with Gasteiger partial charge in [-0.2, -0.15) is 0 Å². The van der Waals surface area contributed by atoms with Crippen LogP contribution in [0.3, 0.4) is 0 Å². The van der Waals surface area contributed by atoms with Crippen molar-refractivity contribution in [1.82, 2.24) is 0 Å². The summed E-state index contributed by atoms with van der Waals surface area (Å²) in [5.74, 6) is 0. The van der Waals surface area contributed by atoms with Crippen molar-refractivity contribution in [2.45, 2.75) is 0 Å². The van der Waals surface area contributed by atoms with Gasteiger partial charge < -0.3 is 11.0 Å². The third-order valence-corrected chi connectivity index (χ3v) is 0.